The van der Waals surface area contributed by atoms with E-state index in [1.807, 2.05) is 19.0 Å². The standard InChI is InChI=1S/C11H18ClNO/c1-4-11(13(2)14-3)9-5-7-10(12)8-6-9/h4-5,7,9-10H,6,8H2,1-3H3/t9-,10+/m1/s1. The molecule has 3 heteroatoms. The number of hydrogen-bond donors (Lipinski definition) is 0. The minimum atomic E-state index is 0.206. The SMILES string of the molecule is CC=C([C@@H]1C=C[C@H](Cl)CC1)N(C)OC. The molecule has 1 aliphatic rings. The summed E-state index contributed by atoms with van der Waals surface area (Å²) in [5.74, 6) is 0.444. The van der Waals surface area contributed by atoms with Gasteiger partial charge in [0.1, 0.15) is 0 Å². The lowest BCUT2D eigenvalue weighted by atomic mass is 9.92. The smallest absolute Gasteiger partial charge is 0.0638 e. The van der Waals surface area contributed by atoms with E-state index in [9.17, 15) is 0 Å². The molecule has 0 heterocycles. The van der Waals surface area contributed by atoms with Gasteiger partial charge in [-0.15, -0.1) is 11.6 Å². The monoisotopic (exact) mass is 215 g/mol. The Morgan fingerprint density at radius 2 is 2.21 bits per heavy atom. The quantitative estimate of drug-likeness (QED) is 0.408. The first-order chi connectivity index (χ1) is 6.69. The summed E-state index contributed by atoms with van der Waals surface area (Å²) in [5.41, 5.74) is 1.20. The largest absolute Gasteiger partial charge is 0.277 e. The van der Waals surface area contributed by atoms with Crippen molar-refractivity contribution >= 4 is 11.6 Å². The van der Waals surface area contributed by atoms with Crippen LogP contribution in [0.2, 0.25) is 0 Å². The van der Waals surface area contributed by atoms with E-state index in [4.69, 9.17) is 16.4 Å². The molecule has 80 valence electrons. The molecule has 0 saturated carbocycles. The highest BCUT2D eigenvalue weighted by Crippen LogP contribution is 2.28. The van der Waals surface area contributed by atoms with E-state index in [-0.39, 0.29) is 5.38 Å². The summed E-state index contributed by atoms with van der Waals surface area (Å²) in [6, 6.07) is 0. The van der Waals surface area contributed by atoms with E-state index in [1.54, 1.807) is 7.11 Å². The average molecular weight is 216 g/mol. The molecule has 0 aromatic carbocycles. The zero-order chi connectivity index (χ0) is 10.6. The van der Waals surface area contributed by atoms with Gasteiger partial charge in [0.2, 0.25) is 0 Å². The number of hydroxylamine groups is 2. The molecule has 0 bridgehead atoms. The first kappa shape index (κ1) is 11.6. The van der Waals surface area contributed by atoms with Crippen LogP contribution in [-0.4, -0.2) is 24.6 Å². The lowest BCUT2D eigenvalue weighted by Crippen LogP contribution is -2.23. The Balaban J connectivity index is 2.67. The van der Waals surface area contributed by atoms with Crippen LogP contribution in [0.15, 0.2) is 23.9 Å². The Labute approximate surface area is 91.1 Å². The van der Waals surface area contributed by atoms with Crippen molar-refractivity contribution in [3.05, 3.63) is 23.9 Å². The van der Waals surface area contributed by atoms with E-state index in [0.29, 0.717) is 5.92 Å². The highest BCUT2D eigenvalue weighted by atomic mass is 35.5. The molecule has 0 unspecified atom stereocenters. The number of halogens is 1. The van der Waals surface area contributed by atoms with E-state index in [2.05, 4.69) is 18.2 Å². The number of rotatable bonds is 3. The molecule has 2 nitrogen and oxygen atoms in total. The molecule has 2 atom stereocenters. The third kappa shape index (κ3) is 2.76. The van der Waals surface area contributed by atoms with Gasteiger partial charge in [0, 0.05) is 18.7 Å². The van der Waals surface area contributed by atoms with Crippen molar-refractivity contribution in [2.45, 2.75) is 25.1 Å². The van der Waals surface area contributed by atoms with E-state index in [0.717, 1.165) is 12.8 Å². The normalized spacial score (nSPS) is 27.9. The fourth-order valence-electron chi connectivity index (χ4n) is 1.77. The van der Waals surface area contributed by atoms with Gasteiger partial charge in [-0.05, 0) is 19.8 Å². The predicted octanol–water partition coefficient (Wildman–Crippen LogP) is 2.96. The summed E-state index contributed by atoms with van der Waals surface area (Å²) in [5, 5.41) is 2.01. The van der Waals surface area contributed by atoms with Crippen molar-refractivity contribution in [1.82, 2.24) is 5.06 Å². The lowest BCUT2D eigenvalue weighted by Gasteiger charge is -2.28. The summed E-state index contributed by atoms with van der Waals surface area (Å²) < 4.78 is 0. The van der Waals surface area contributed by atoms with Crippen LogP contribution < -0.4 is 0 Å². The summed E-state index contributed by atoms with van der Waals surface area (Å²) in [4.78, 5) is 5.18. The maximum absolute atomic E-state index is 5.99. The van der Waals surface area contributed by atoms with Crippen LogP contribution in [0.5, 0.6) is 0 Å². The first-order valence-corrected chi connectivity index (χ1v) is 5.39. The van der Waals surface area contributed by atoms with Gasteiger partial charge in [0.15, 0.2) is 0 Å². The first-order valence-electron chi connectivity index (χ1n) is 4.95. The predicted molar refractivity (Wildman–Crippen MR) is 60.0 cm³/mol. The summed E-state index contributed by atoms with van der Waals surface area (Å²) in [6.07, 6.45) is 8.47. The van der Waals surface area contributed by atoms with Gasteiger partial charge >= 0.3 is 0 Å². The number of alkyl halides is 1. The molecule has 0 aliphatic heterocycles. The van der Waals surface area contributed by atoms with Crippen LogP contribution >= 0.6 is 11.6 Å². The summed E-state index contributed by atoms with van der Waals surface area (Å²) in [6.45, 7) is 2.03. The van der Waals surface area contributed by atoms with Gasteiger partial charge < -0.3 is 0 Å². The average Bonchev–Trinajstić information content (AvgIpc) is 2.21. The van der Waals surface area contributed by atoms with Crippen molar-refractivity contribution in [2.24, 2.45) is 5.92 Å². The molecule has 0 saturated heterocycles. The zero-order valence-electron chi connectivity index (χ0n) is 9.03. The molecule has 0 aromatic heterocycles. The van der Waals surface area contributed by atoms with Gasteiger partial charge in [-0.2, -0.15) is 0 Å². The Morgan fingerprint density at radius 1 is 1.50 bits per heavy atom. The van der Waals surface area contributed by atoms with E-state index < -0.39 is 0 Å². The highest BCUT2D eigenvalue weighted by molar-refractivity contribution is 6.21. The summed E-state index contributed by atoms with van der Waals surface area (Å²) in [7, 11) is 3.61. The van der Waals surface area contributed by atoms with Crippen LogP contribution in [0.3, 0.4) is 0 Å². The van der Waals surface area contributed by atoms with Crippen molar-refractivity contribution in [3.63, 3.8) is 0 Å². The second-order valence-corrected chi connectivity index (χ2v) is 4.04. The van der Waals surface area contributed by atoms with Crippen LogP contribution in [0.1, 0.15) is 19.8 Å². The minimum absolute atomic E-state index is 0.206. The molecule has 0 spiro atoms. The summed E-state index contributed by atoms with van der Waals surface area (Å²) >= 11 is 5.99. The Hall–Kier alpha value is -0.470. The van der Waals surface area contributed by atoms with E-state index in [1.165, 1.54) is 5.70 Å². The number of nitrogens with zero attached hydrogens (tertiary/aromatic N) is 1. The Morgan fingerprint density at radius 3 is 2.64 bits per heavy atom. The van der Waals surface area contributed by atoms with Crippen LogP contribution in [0.4, 0.5) is 0 Å². The third-order valence-corrected chi connectivity index (χ3v) is 2.98. The number of allylic oxidation sites excluding steroid dienone is 3. The van der Waals surface area contributed by atoms with Gasteiger partial charge in [-0.3, -0.25) is 9.90 Å². The zero-order valence-corrected chi connectivity index (χ0v) is 9.79. The molecule has 0 amide bonds. The Kier molecular flexibility index (Phi) is 4.49. The second kappa shape index (κ2) is 5.42. The van der Waals surface area contributed by atoms with Crippen LogP contribution in [-0.2, 0) is 4.84 Å². The van der Waals surface area contributed by atoms with Crippen molar-refractivity contribution < 1.29 is 4.84 Å². The molecule has 0 fully saturated rings. The molecule has 1 aliphatic carbocycles. The minimum Gasteiger partial charge on any atom is -0.277 e. The van der Waals surface area contributed by atoms with Gasteiger partial charge in [-0.25, -0.2) is 0 Å². The fraction of sp³-hybridized carbons (Fsp3) is 0.636. The molecule has 0 aromatic rings. The van der Waals surface area contributed by atoms with Gasteiger partial charge in [-0.1, -0.05) is 18.2 Å². The molecule has 14 heavy (non-hydrogen) atoms. The van der Waals surface area contributed by atoms with E-state index >= 15 is 0 Å². The van der Waals surface area contributed by atoms with Crippen molar-refractivity contribution in [3.8, 4) is 0 Å². The van der Waals surface area contributed by atoms with Crippen LogP contribution in [0, 0.1) is 5.92 Å². The fourth-order valence-corrected chi connectivity index (χ4v) is 1.98. The maximum Gasteiger partial charge on any atom is 0.0638 e. The van der Waals surface area contributed by atoms with Gasteiger partial charge in [0.05, 0.1) is 12.5 Å². The molecular formula is C11H18ClNO. The maximum atomic E-state index is 5.99. The van der Waals surface area contributed by atoms with Crippen LogP contribution in [0.25, 0.3) is 0 Å². The van der Waals surface area contributed by atoms with Gasteiger partial charge in [0.25, 0.3) is 0 Å². The molecule has 0 radical (unpaired) electrons. The van der Waals surface area contributed by atoms with Crippen molar-refractivity contribution in [2.75, 3.05) is 14.2 Å². The molecular weight excluding hydrogens is 198 g/mol. The van der Waals surface area contributed by atoms with Crippen molar-refractivity contribution in [1.29, 1.82) is 0 Å². The topological polar surface area (TPSA) is 12.5 Å². The Bertz CT molecular complexity index is 237. The molecule has 1 rings (SSSR count). The highest BCUT2D eigenvalue weighted by Gasteiger charge is 2.19. The second-order valence-electron chi connectivity index (χ2n) is 3.48. The third-order valence-electron chi connectivity index (χ3n) is 2.62. The lowest BCUT2D eigenvalue weighted by molar-refractivity contribution is -0.0842. The number of hydrogen-bond acceptors (Lipinski definition) is 2. The molecule has 0 N–H and O–H groups in total.